The van der Waals surface area contributed by atoms with E-state index in [1.807, 2.05) is 6.07 Å². The third-order valence-corrected chi connectivity index (χ3v) is 4.37. The zero-order valence-electron chi connectivity index (χ0n) is 14.0. The minimum Gasteiger partial charge on any atom is -0.343 e. The fourth-order valence-corrected chi connectivity index (χ4v) is 3.00. The Morgan fingerprint density at radius 3 is 2.65 bits per heavy atom. The largest absolute Gasteiger partial charge is 0.343 e. The van der Waals surface area contributed by atoms with E-state index >= 15 is 0 Å². The Bertz CT molecular complexity index is 853. The highest BCUT2D eigenvalue weighted by atomic mass is 35.5. The second-order valence-electron chi connectivity index (χ2n) is 5.91. The SMILES string of the molecule is O=C(CNC(=O)c1ccccc1Cl)Nc1cccc(N2CCCC2=O)c1. The monoisotopic (exact) mass is 371 g/mol. The van der Waals surface area contributed by atoms with Gasteiger partial charge in [0.15, 0.2) is 0 Å². The van der Waals surface area contributed by atoms with Crippen molar-refractivity contribution in [3.05, 3.63) is 59.1 Å². The summed E-state index contributed by atoms with van der Waals surface area (Å²) in [5.41, 5.74) is 1.64. The summed E-state index contributed by atoms with van der Waals surface area (Å²) in [6.07, 6.45) is 1.38. The molecular formula is C19H18ClN3O3. The number of carbonyl (C=O) groups is 3. The molecule has 0 saturated carbocycles. The van der Waals surface area contributed by atoms with Crippen molar-refractivity contribution in [1.82, 2.24) is 5.32 Å². The average molecular weight is 372 g/mol. The van der Waals surface area contributed by atoms with Crippen LogP contribution in [0.15, 0.2) is 48.5 Å². The summed E-state index contributed by atoms with van der Waals surface area (Å²) in [5, 5.41) is 5.58. The fraction of sp³-hybridized carbons (Fsp3) is 0.211. The van der Waals surface area contributed by atoms with Crippen molar-refractivity contribution in [1.29, 1.82) is 0 Å². The Labute approximate surface area is 156 Å². The van der Waals surface area contributed by atoms with Crippen LogP contribution in [0.2, 0.25) is 5.02 Å². The third kappa shape index (κ3) is 4.21. The molecular weight excluding hydrogens is 354 g/mol. The van der Waals surface area contributed by atoms with Gasteiger partial charge < -0.3 is 15.5 Å². The summed E-state index contributed by atoms with van der Waals surface area (Å²) in [7, 11) is 0. The van der Waals surface area contributed by atoms with Crippen LogP contribution in [-0.2, 0) is 9.59 Å². The van der Waals surface area contributed by atoms with Gasteiger partial charge >= 0.3 is 0 Å². The normalized spacial score (nSPS) is 13.6. The predicted molar refractivity (Wildman–Crippen MR) is 100 cm³/mol. The number of amides is 3. The zero-order chi connectivity index (χ0) is 18.5. The topological polar surface area (TPSA) is 78.5 Å². The first-order chi connectivity index (χ1) is 12.5. The first kappa shape index (κ1) is 17.9. The van der Waals surface area contributed by atoms with Crippen LogP contribution in [0.25, 0.3) is 0 Å². The number of anilines is 2. The van der Waals surface area contributed by atoms with Crippen LogP contribution in [0.4, 0.5) is 11.4 Å². The molecule has 1 saturated heterocycles. The lowest BCUT2D eigenvalue weighted by Gasteiger charge is -2.16. The van der Waals surface area contributed by atoms with Crippen molar-refractivity contribution in [2.75, 3.05) is 23.3 Å². The number of nitrogens with zero attached hydrogens (tertiary/aromatic N) is 1. The van der Waals surface area contributed by atoms with E-state index in [1.165, 1.54) is 0 Å². The van der Waals surface area contributed by atoms with Crippen LogP contribution in [0.5, 0.6) is 0 Å². The van der Waals surface area contributed by atoms with Gasteiger partial charge in [0.1, 0.15) is 0 Å². The Hall–Kier alpha value is -2.86. The van der Waals surface area contributed by atoms with Gasteiger partial charge in [-0.15, -0.1) is 0 Å². The lowest BCUT2D eigenvalue weighted by atomic mass is 10.2. The van der Waals surface area contributed by atoms with Gasteiger partial charge in [0.05, 0.1) is 17.1 Å². The molecule has 3 rings (SSSR count). The Morgan fingerprint density at radius 2 is 1.92 bits per heavy atom. The van der Waals surface area contributed by atoms with E-state index < -0.39 is 5.91 Å². The summed E-state index contributed by atoms with van der Waals surface area (Å²) in [5.74, 6) is -0.696. The molecule has 0 aromatic heterocycles. The number of carbonyl (C=O) groups excluding carboxylic acids is 3. The van der Waals surface area contributed by atoms with E-state index in [2.05, 4.69) is 10.6 Å². The molecule has 134 valence electrons. The van der Waals surface area contributed by atoms with Crippen molar-refractivity contribution < 1.29 is 14.4 Å². The van der Waals surface area contributed by atoms with Crippen LogP contribution < -0.4 is 15.5 Å². The highest BCUT2D eigenvalue weighted by Gasteiger charge is 2.21. The van der Waals surface area contributed by atoms with Crippen LogP contribution in [0, 0.1) is 0 Å². The summed E-state index contributed by atoms with van der Waals surface area (Å²) >= 11 is 5.96. The van der Waals surface area contributed by atoms with E-state index in [0.29, 0.717) is 29.2 Å². The molecule has 2 aromatic carbocycles. The molecule has 2 N–H and O–H groups in total. The molecule has 26 heavy (non-hydrogen) atoms. The van der Waals surface area contributed by atoms with E-state index in [4.69, 9.17) is 11.6 Å². The van der Waals surface area contributed by atoms with Crippen LogP contribution in [-0.4, -0.2) is 30.8 Å². The van der Waals surface area contributed by atoms with Gasteiger partial charge in [0.2, 0.25) is 11.8 Å². The maximum Gasteiger partial charge on any atom is 0.253 e. The number of nitrogens with one attached hydrogen (secondary N) is 2. The van der Waals surface area contributed by atoms with Gasteiger partial charge in [-0.3, -0.25) is 14.4 Å². The highest BCUT2D eigenvalue weighted by molar-refractivity contribution is 6.33. The molecule has 7 heteroatoms. The van der Waals surface area contributed by atoms with Crippen molar-refractivity contribution in [3.8, 4) is 0 Å². The molecule has 1 heterocycles. The minimum absolute atomic E-state index is 0.0838. The maximum absolute atomic E-state index is 12.1. The molecule has 0 unspecified atom stereocenters. The molecule has 6 nitrogen and oxygen atoms in total. The van der Waals surface area contributed by atoms with Gasteiger partial charge in [-0.2, -0.15) is 0 Å². The molecule has 1 fully saturated rings. The van der Waals surface area contributed by atoms with Crippen molar-refractivity contribution >= 4 is 40.7 Å². The second-order valence-corrected chi connectivity index (χ2v) is 6.32. The molecule has 0 atom stereocenters. The van der Waals surface area contributed by atoms with Gasteiger partial charge in [0, 0.05) is 24.3 Å². The minimum atomic E-state index is -0.415. The number of hydrogen-bond donors (Lipinski definition) is 2. The summed E-state index contributed by atoms with van der Waals surface area (Å²) in [6.45, 7) is 0.501. The summed E-state index contributed by atoms with van der Waals surface area (Å²) in [4.78, 5) is 37.7. The van der Waals surface area contributed by atoms with E-state index in [0.717, 1.165) is 12.1 Å². The Balaban J connectivity index is 1.57. The predicted octanol–water partition coefficient (Wildman–Crippen LogP) is 2.84. The maximum atomic E-state index is 12.1. The van der Waals surface area contributed by atoms with Crippen LogP contribution in [0.3, 0.4) is 0 Å². The third-order valence-electron chi connectivity index (χ3n) is 4.04. The van der Waals surface area contributed by atoms with Crippen molar-refractivity contribution in [2.45, 2.75) is 12.8 Å². The fourth-order valence-electron chi connectivity index (χ4n) is 2.78. The Kier molecular flexibility index (Phi) is 5.53. The molecule has 1 aliphatic heterocycles. The standard InChI is InChI=1S/C19H18ClN3O3/c20-16-8-2-1-7-15(16)19(26)21-12-17(24)22-13-5-3-6-14(11-13)23-10-4-9-18(23)25/h1-3,5-8,11H,4,9-10,12H2,(H,21,26)(H,22,24). The molecule has 0 radical (unpaired) electrons. The zero-order valence-corrected chi connectivity index (χ0v) is 14.8. The number of benzene rings is 2. The van der Waals surface area contributed by atoms with Crippen molar-refractivity contribution in [2.24, 2.45) is 0 Å². The van der Waals surface area contributed by atoms with E-state index in [9.17, 15) is 14.4 Å². The van der Waals surface area contributed by atoms with Gasteiger partial charge in [-0.25, -0.2) is 0 Å². The van der Waals surface area contributed by atoms with E-state index in [1.54, 1.807) is 47.4 Å². The molecule has 1 aliphatic rings. The number of halogens is 1. The van der Waals surface area contributed by atoms with E-state index in [-0.39, 0.29) is 18.4 Å². The number of hydrogen-bond acceptors (Lipinski definition) is 3. The number of rotatable bonds is 5. The first-order valence-electron chi connectivity index (χ1n) is 8.27. The van der Waals surface area contributed by atoms with Crippen LogP contribution in [0.1, 0.15) is 23.2 Å². The van der Waals surface area contributed by atoms with Gasteiger partial charge in [-0.05, 0) is 36.8 Å². The van der Waals surface area contributed by atoms with Gasteiger partial charge in [0.25, 0.3) is 5.91 Å². The average Bonchev–Trinajstić information content (AvgIpc) is 3.06. The highest BCUT2D eigenvalue weighted by Crippen LogP contribution is 2.24. The molecule has 0 bridgehead atoms. The first-order valence-corrected chi connectivity index (χ1v) is 8.65. The molecule has 2 aromatic rings. The molecule has 3 amide bonds. The summed E-state index contributed by atoms with van der Waals surface area (Å²) < 4.78 is 0. The quantitative estimate of drug-likeness (QED) is 0.848. The van der Waals surface area contributed by atoms with Gasteiger partial charge in [-0.1, -0.05) is 29.8 Å². The van der Waals surface area contributed by atoms with Crippen molar-refractivity contribution in [3.63, 3.8) is 0 Å². The summed E-state index contributed by atoms with van der Waals surface area (Å²) in [6, 6.07) is 13.7. The molecule has 0 spiro atoms. The smallest absolute Gasteiger partial charge is 0.253 e. The second kappa shape index (κ2) is 8.01. The Morgan fingerprint density at radius 1 is 1.12 bits per heavy atom. The molecule has 0 aliphatic carbocycles. The van der Waals surface area contributed by atoms with Crippen LogP contribution >= 0.6 is 11.6 Å². The lowest BCUT2D eigenvalue weighted by Crippen LogP contribution is -2.33. The lowest BCUT2D eigenvalue weighted by molar-refractivity contribution is -0.117.